The van der Waals surface area contributed by atoms with Crippen LogP contribution in [-0.2, 0) is 0 Å². The number of hydrogen-bond acceptors (Lipinski definition) is 4. The van der Waals surface area contributed by atoms with Crippen LogP contribution in [0.1, 0.15) is 0 Å². The maximum Gasteiger partial charge on any atom is 0.167 e. The molecule has 0 spiro atoms. The third-order valence-corrected chi connectivity index (χ3v) is 8.52. The van der Waals surface area contributed by atoms with Gasteiger partial charge < -0.3 is 4.42 Å². The molecule has 2 heterocycles. The van der Waals surface area contributed by atoms with Crippen molar-refractivity contribution >= 4 is 43.5 Å². The van der Waals surface area contributed by atoms with Gasteiger partial charge in [0.05, 0.1) is 5.56 Å². The van der Waals surface area contributed by atoms with E-state index < -0.39 is 0 Å². The van der Waals surface area contributed by atoms with Crippen LogP contribution < -0.4 is 0 Å². The largest absolute Gasteiger partial charge is 0.455 e. The lowest BCUT2D eigenvalue weighted by molar-refractivity contribution is 0.669. The minimum atomic E-state index is 0.577. The lowest BCUT2D eigenvalue weighted by Gasteiger charge is -2.11. The van der Waals surface area contributed by atoms with E-state index in [1.54, 1.807) is 0 Å². The Morgan fingerprint density at radius 1 is 0.356 bits per heavy atom. The van der Waals surface area contributed by atoms with Crippen molar-refractivity contribution in [2.75, 3.05) is 0 Å². The summed E-state index contributed by atoms with van der Waals surface area (Å²) < 4.78 is 6.69. The molecule has 45 heavy (non-hydrogen) atoms. The van der Waals surface area contributed by atoms with E-state index in [4.69, 9.17) is 19.4 Å². The molecule has 0 atom stereocenters. The average molecular weight is 576 g/mol. The first-order valence-corrected chi connectivity index (χ1v) is 15.0. The monoisotopic (exact) mass is 575 g/mol. The van der Waals surface area contributed by atoms with Gasteiger partial charge in [0.1, 0.15) is 11.2 Å². The van der Waals surface area contributed by atoms with Crippen molar-refractivity contribution in [1.29, 1.82) is 0 Å². The van der Waals surface area contributed by atoms with Crippen molar-refractivity contribution < 1.29 is 4.42 Å². The van der Waals surface area contributed by atoms with Crippen molar-refractivity contribution in [2.24, 2.45) is 0 Å². The smallest absolute Gasteiger partial charge is 0.167 e. The Labute approximate surface area is 259 Å². The zero-order chi connectivity index (χ0) is 29.7. The van der Waals surface area contributed by atoms with Crippen LogP contribution in [0.15, 0.2) is 156 Å². The van der Waals surface area contributed by atoms with E-state index in [1.807, 2.05) is 72.8 Å². The molecule has 0 amide bonds. The molecule has 0 aliphatic rings. The van der Waals surface area contributed by atoms with E-state index in [2.05, 4.69) is 78.9 Å². The predicted molar refractivity (Wildman–Crippen MR) is 184 cm³/mol. The lowest BCUT2D eigenvalue weighted by Crippen LogP contribution is -2.00. The molecule has 4 heteroatoms. The maximum atomic E-state index is 6.69. The number of hydrogen-bond donors (Lipinski definition) is 0. The first-order valence-electron chi connectivity index (χ1n) is 15.0. The summed E-state index contributed by atoms with van der Waals surface area (Å²) >= 11 is 0. The number of rotatable bonds is 4. The summed E-state index contributed by atoms with van der Waals surface area (Å²) in [4.78, 5) is 14.8. The van der Waals surface area contributed by atoms with Crippen LogP contribution >= 0.6 is 0 Å². The summed E-state index contributed by atoms with van der Waals surface area (Å²) in [6.07, 6.45) is 0. The van der Waals surface area contributed by atoms with Crippen LogP contribution in [0.4, 0.5) is 0 Å². The number of fused-ring (bicyclic) bond motifs is 6. The molecule has 0 fully saturated rings. The third kappa shape index (κ3) is 4.27. The van der Waals surface area contributed by atoms with Crippen molar-refractivity contribution in [3.05, 3.63) is 152 Å². The van der Waals surface area contributed by atoms with Crippen LogP contribution in [0.3, 0.4) is 0 Å². The summed E-state index contributed by atoms with van der Waals surface area (Å²) in [5.74, 6) is 1.82. The van der Waals surface area contributed by atoms with Crippen molar-refractivity contribution in [3.63, 3.8) is 0 Å². The zero-order valence-corrected chi connectivity index (χ0v) is 24.2. The van der Waals surface area contributed by atoms with Crippen molar-refractivity contribution in [1.82, 2.24) is 15.0 Å². The van der Waals surface area contributed by atoms with Crippen LogP contribution in [-0.4, -0.2) is 15.0 Å². The second-order valence-electron chi connectivity index (χ2n) is 11.2. The molecule has 0 saturated heterocycles. The Morgan fingerprint density at radius 2 is 0.956 bits per heavy atom. The summed E-state index contributed by atoms with van der Waals surface area (Å²) in [7, 11) is 0. The summed E-state index contributed by atoms with van der Waals surface area (Å²) in [5, 5.41) is 7.03. The second-order valence-corrected chi connectivity index (χ2v) is 11.2. The normalized spacial score (nSPS) is 11.6. The van der Waals surface area contributed by atoms with E-state index in [1.165, 1.54) is 27.1 Å². The van der Waals surface area contributed by atoms with Crippen LogP contribution in [0, 0.1) is 0 Å². The molecule has 0 unspecified atom stereocenters. The van der Waals surface area contributed by atoms with Gasteiger partial charge in [-0.25, -0.2) is 15.0 Å². The SMILES string of the molecule is c1ccc(-c2nc(-c3ccccc3)nc(-c3cccc4c3oc3cc(-c5cc6ccccc6c6ccccc56)ccc34)n2)cc1. The molecule has 0 N–H and O–H groups in total. The van der Waals surface area contributed by atoms with E-state index in [9.17, 15) is 0 Å². The average Bonchev–Trinajstić information content (AvgIpc) is 3.50. The topological polar surface area (TPSA) is 51.8 Å². The van der Waals surface area contributed by atoms with Gasteiger partial charge in [-0.15, -0.1) is 0 Å². The number of benzene rings is 7. The number of para-hydroxylation sites is 1. The third-order valence-electron chi connectivity index (χ3n) is 8.52. The van der Waals surface area contributed by atoms with Gasteiger partial charge in [-0.2, -0.15) is 0 Å². The highest BCUT2D eigenvalue weighted by Crippen LogP contribution is 2.40. The highest BCUT2D eigenvalue weighted by Gasteiger charge is 2.18. The summed E-state index contributed by atoms with van der Waals surface area (Å²) in [6, 6.07) is 52.2. The van der Waals surface area contributed by atoms with Crippen molar-refractivity contribution in [3.8, 4) is 45.3 Å². The fourth-order valence-corrected chi connectivity index (χ4v) is 6.36. The highest BCUT2D eigenvalue weighted by atomic mass is 16.3. The Kier molecular flexibility index (Phi) is 5.78. The molecule has 0 radical (unpaired) electrons. The first-order chi connectivity index (χ1) is 22.3. The zero-order valence-electron chi connectivity index (χ0n) is 24.2. The van der Waals surface area contributed by atoms with Gasteiger partial charge in [0, 0.05) is 21.9 Å². The standard InChI is InChI=1S/C41H25N3O/c1-3-12-26(13-4-1)39-42-40(27-14-5-2-6-15-27)44-41(43-39)35-21-11-20-34-33-23-22-29(25-37(33)45-38(34)35)36-24-28-16-7-8-17-30(28)31-18-9-10-19-32(31)36/h1-25H. The van der Waals surface area contributed by atoms with Gasteiger partial charge in [0.2, 0.25) is 0 Å². The fourth-order valence-electron chi connectivity index (χ4n) is 6.36. The molecule has 0 bridgehead atoms. The molecule has 210 valence electrons. The molecule has 9 aromatic rings. The van der Waals surface area contributed by atoms with Gasteiger partial charge in [-0.1, -0.05) is 127 Å². The molecule has 4 nitrogen and oxygen atoms in total. The van der Waals surface area contributed by atoms with E-state index in [-0.39, 0.29) is 0 Å². The summed E-state index contributed by atoms with van der Waals surface area (Å²) in [6.45, 7) is 0. The van der Waals surface area contributed by atoms with Crippen LogP contribution in [0.2, 0.25) is 0 Å². The Balaban J connectivity index is 1.24. The minimum absolute atomic E-state index is 0.577. The molecule has 2 aromatic heterocycles. The quantitative estimate of drug-likeness (QED) is 0.196. The summed E-state index contributed by atoms with van der Waals surface area (Å²) in [5.41, 5.74) is 6.58. The Bertz CT molecular complexity index is 2480. The minimum Gasteiger partial charge on any atom is -0.455 e. The molecule has 7 aromatic carbocycles. The lowest BCUT2D eigenvalue weighted by atomic mass is 9.93. The van der Waals surface area contributed by atoms with Gasteiger partial charge in [0.25, 0.3) is 0 Å². The predicted octanol–water partition coefficient (Wildman–Crippen LogP) is 10.7. The molecular formula is C41H25N3O. The van der Waals surface area contributed by atoms with Gasteiger partial charge in [-0.3, -0.25) is 0 Å². The van der Waals surface area contributed by atoms with Crippen molar-refractivity contribution in [2.45, 2.75) is 0 Å². The first kappa shape index (κ1) is 25.4. The number of furan rings is 1. The second kappa shape index (κ2) is 10.2. The Hall–Kier alpha value is -6.13. The van der Waals surface area contributed by atoms with Crippen LogP contribution in [0.25, 0.3) is 88.8 Å². The maximum absolute atomic E-state index is 6.69. The van der Waals surface area contributed by atoms with E-state index >= 15 is 0 Å². The van der Waals surface area contributed by atoms with E-state index in [0.29, 0.717) is 17.5 Å². The molecular weight excluding hydrogens is 550 g/mol. The van der Waals surface area contributed by atoms with Gasteiger partial charge in [0.15, 0.2) is 17.5 Å². The number of aromatic nitrogens is 3. The molecule has 0 aliphatic heterocycles. The van der Waals surface area contributed by atoms with Gasteiger partial charge >= 0.3 is 0 Å². The number of nitrogens with zero attached hydrogens (tertiary/aromatic N) is 3. The van der Waals surface area contributed by atoms with Crippen LogP contribution in [0.5, 0.6) is 0 Å². The molecule has 9 rings (SSSR count). The highest BCUT2D eigenvalue weighted by molar-refractivity contribution is 6.15. The fraction of sp³-hybridized carbons (Fsp3) is 0. The van der Waals surface area contributed by atoms with Gasteiger partial charge in [-0.05, 0) is 56.9 Å². The molecule has 0 aliphatic carbocycles. The van der Waals surface area contributed by atoms with E-state index in [0.717, 1.165) is 44.2 Å². The molecule has 0 saturated carbocycles. The Morgan fingerprint density at radius 3 is 1.69 bits per heavy atom.